The summed E-state index contributed by atoms with van der Waals surface area (Å²) in [5, 5.41) is 0. The van der Waals surface area contributed by atoms with Gasteiger partial charge in [0.2, 0.25) is 0 Å². The van der Waals surface area contributed by atoms with Gasteiger partial charge in [0.15, 0.2) is 5.41 Å². The van der Waals surface area contributed by atoms with E-state index in [4.69, 9.17) is 9.47 Å². The molecular weight excluding hydrogens is 347 g/mol. The zero-order valence-corrected chi connectivity index (χ0v) is 15.6. The fourth-order valence-electron chi connectivity index (χ4n) is 3.07. The monoisotopic (exact) mass is 370 g/mol. The number of benzene rings is 2. The van der Waals surface area contributed by atoms with E-state index < -0.39 is 17.4 Å². The molecule has 1 heterocycles. The summed E-state index contributed by atoms with van der Waals surface area (Å²) in [5.74, 6) is -0.909. The first kappa shape index (κ1) is 18.6. The Bertz CT molecular complexity index is 667. The predicted octanol–water partition coefficient (Wildman–Crippen LogP) is 3.93. The maximum atomic E-state index is 12.8. The lowest BCUT2D eigenvalue weighted by atomic mass is 9.82. The van der Waals surface area contributed by atoms with E-state index in [1.54, 1.807) is 0 Å². The van der Waals surface area contributed by atoms with Crippen LogP contribution in [0.15, 0.2) is 60.7 Å². The Kier molecular flexibility index (Phi) is 6.40. The van der Waals surface area contributed by atoms with Crippen LogP contribution >= 0.6 is 8.58 Å². The number of hydrogen-bond donors (Lipinski definition) is 0. The van der Waals surface area contributed by atoms with E-state index in [2.05, 4.69) is 0 Å². The number of hydrogen-bond acceptors (Lipinski definition) is 4. The molecule has 136 valence electrons. The first-order valence-electron chi connectivity index (χ1n) is 8.84. The molecule has 1 fully saturated rings. The van der Waals surface area contributed by atoms with Crippen molar-refractivity contribution in [3.63, 3.8) is 0 Å². The summed E-state index contributed by atoms with van der Waals surface area (Å²) in [6.45, 7) is 0.353. The molecule has 1 aliphatic rings. The highest BCUT2D eigenvalue weighted by molar-refractivity contribution is 7.38. The maximum absolute atomic E-state index is 12.8. The van der Waals surface area contributed by atoms with Crippen LogP contribution in [0.5, 0.6) is 0 Å². The third-order valence-electron chi connectivity index (χ3n) is 4.66. The molecule has 0 amide bonds. The largest absolute Gasteiger partial charge is 0.460 e. The van der Waals surface area contributed by atoms with Gasteiger partial charge in [-0.3, -0.25) is 9.59 Å². The minimum absolute atomic E-state index is 0.176. The molecule has 1 aliphatic heterocycles. The third kappa shape index (κ3) is 4.50. The summed E-state index contributed by atoms with van der Waals surface area (Å²) >= 11 is 0. The number of carbonyl (C=O) groups is 2. The number of ether oxygens (including phenoxy) is 2. The van der Waals surface area contributed by atoms with E-state index in [1.807, 2.05) is 60.7 Å². The zero-order chi connectivity index (χ0) is 18.2. The normalized spacial score (nSPS) is 15.8. The topological polar surface area (TPSA) is 52.6 Å². The molecule has 3 rings (SSSR count). The molecule has 2 aromatic rings. The van der Waals surface area contributed by atoms with E-state index in [-0.39, 0.29) is 13.2 Å². The highest BCUT2D eigenvalue weighted by Crippen LogP contribution is 2.40. The minimum Gasteiger partial charge on any atom is -0.460 e. The second-order valence-corrected chi connectivity index (χ2v) is 7.96. The van der Waals surface area contributed by atoms with Gasteiger partial charge in [-0.25, -0.2) is 0 Å². The summed E-state index contributed by atoms with van der Waals surface area (Å²) < 4.78 is 11.0. The van der Waals surface area contributed by atoms with Crippen LogP contribution < -0.4 is 0 Å². The van der Waals surface area contributed by atoms with E-state index in [0.717, 1.165) is 32.0 Å². The Labute approximate surface area is 155 Å². The quantitative estimate of drug-likeness (QED) is 0.439. The van der Waals surface area contributed by atoms with Gasteiger partial charge in [-0.05, 0) is 36.3 Å². The van der Waals surface area contributed by atoms with Crippen molar-refractivity contribution < 1.29 is 19.1 Å². The second-order valence-electron chi connectivity index (χ2n) is 6.46. The maximum Gasteiger partial charge on any atom is 0.323 e. The van der Waals surface area contributed by atoms with Crippen molar-refractivity contribution in [2.75, 3.05) is 12.3 Å². The van der Waals surface area contributed by atoms with Gasteiger partial charge < -0.3 is 9.47 Å². The molecule has 26 heavy (non-hydrogen) atoms. The minimum atomic E-state index is -1.16. The van der Waals surface area contributed by atoms with Gasteiger partial charge in [0, 0.05) is 0 Å². The van der Waals surface area contributed by atoms with Crippen LogP contribution in [0.3, 0.4) is 0 Å². The molecule has 5 heteroatoms. The molecule has 1 saturated heterocycles. The lowest BCUT2D eigenvalue weighted by Crippen LogP contribution is -2.44. The summed E-state index contributed by atoms with van der Waals surface area (Å²) in [7, 11) is 0.788. The first-order valence-corrected chi connectivity index (χ1v) is 10.3. The van der Waals surface area contributed by atoms with Gasteiger partial charge in [0.25, 0.3) is 0 Å². The Balaban J connectivity index is 1.66. The fourth-order valence-corrected chi connectivity index (χ4v) is 4.52. The molecular formula is C21H23O4P. The zero-order valence-electron chi connectivity index (χ0n) is 14.6. The van der Waals surface area contributed by atoms with E-state index >= 15 is 0 Å². The Morgan fingerprint density at radius 3 is 1.62 bits per heavy atom. The molecule has 0 aliphatic carbocycles. The highest BCUT2D eigenvalue weighted by Gasteiger charge is 2.49. The molecule has 2 aromatic carbocycles. The van der Waals surface area contributed by atoms with Crippen LogP contribution in [0, 0.1) is 5.41 Å². The van der Waals surface area contributed by atoms with Crippen molar-refractivity contribution in [1.82, 2.24) is 0 Å². The number of esters is 2. The van der Waals surface area contributed by atoms with Crippen LogP contribution in [0.25, 0.3) is 0 Å². The lowest BCUT2D eigenvalue weighted by molar-refractivity contribution is -0.175. The van der Waals surface area contributed by atoms with Gasteiger partial charge in [-0.1, -0.05) is 60.7 Å². The van der Waals surface area contributed by atoms with Crippen molar-refractivity contribution in [3.05, 3.63) is 71.8 Å². The van der Waals surface area contributed by atoms with Crippen molar-refractivity contribution in [3.8, 4) is 0 Å². The van der Waals surface area contributed by atoms with Crippen LogP contribution in [0.1, 0.15) is 24.0 Å². The lowest BCUT2D eigenvalue weighted by Gasteiger charge is -2.32. The van der Waals surface area contributed by atoms with Gasteiger partial charge in [0.05, 0.1) is 0 Å². The van der Waals surface area contributed by atoms with E-state index in [1.165, 1.54) is 0 Å². The molecule has 0 atom stereocenters. The summed E-state index contributed by atoms with van der Waals surface area (Å²) in [6, 6.07) is 19.0. The molecule has 0 spiro atoms. The average Bonchev–Trinajstić information content (AvgIpc) is 2.72. The predicted molar refractivity (Wildman–Crippen MR) is 102 cm³/mol. The summed E-state index contributed by atoms with van der Waals surface area (Å²) in [5.41, 5.74) is 0.659. The van der Waals surface area contributed by atoms with Gasteiger partial charge >= 0.3 is 11.9 Å². The van der Waals surface area contributed by atoms with Crippen LogP contribution in [0.4, 0.5) is 0 Å². The molecule has 0 unspecified atom stereocenters. The van der Waals surface area contributed by atoms with E-state index in [9.17, 15) is 9.59 Å². The molecule has 4 nitrogen and oxygen atoms in total. The van der Waals surface area contributed by atoms with Crippen LogP contribution in [-0.2, 0) is 32.3 Å². The second kappa shape index (κ2) is 8.95. The highest BCUT2D eigenvalue weighted by atomic mass is 31.1. The Hall–Kier alpha value is -2.19. The van der Waals surface area contributed by atoms with Crippen molar-refractivity contribution >= 4 is 20.5 Å². The number of carbonyl (C=O) groups excluding carboxylic acids is 2. The smallest absolute Gasteiger partial charge is 0.323 e. The van der Waals surface area contributed by atoms with Gasteiger partial charge in [-0.2, -0.15) is 0 Å². The van der Waals surface area contributed by atoms with Crippen LogP contribution in [-0.4, -0.2) is 24.3 Å². The Morgan fingerprint density at radius 1 is 0.769 bits per heavy atom. The molecule has 0 bridgehead atoms. The Morgan fingerprint density at radius 2 is 1.19 bits per heavy atom. The van der Waals surface area contributed by atoms with Gasteiger partial charge in [-0.15, -0.1) is 8.58 Å². The standard InChI is InChI=1S/C21H23O4P/c22-19(24-15-17-7-3-1-4-8-17)21(11-13-26-14-12-21)20(23)25-16-18-9-5-2-6-10-18/h1-10,26H,11-16H2. The fraction of sp³-hybridized carbons (Fsp3) is 0.333. The third-order valence-corrected chi connectivity index (χ3v) is 5.87. The summed E-state index contributed by atoms with van der Waals surface area (Å²) in [6.07, 6.45) is 2.74. The van der Waals surface area contributed by atoms with Gasteiger partial charge in [0.1, 0.15) is 13.2 Å². The SMILES string of the molecule is O=C(OCc1ccccc1)C1(C(=O)OCc2ccccc2)CCPCC1. The summed E-state index contributed by atoms with van der Waals surface area (Å²) in [4.78, 5) is 25.7. The molecule has 0 saturated carbocycles. The van der Waals surface area contributed by atoms with Crippen LogP contribution in [0.2, 0.25) is 0 Å². The molecule has 0 aromatic heterocycles. The first-order chi connectivity index (χ1) is 12.7. The van der Waals surface area contributed by atoms with Crippen molar-refractivity contribution in [2.24, 2.45) is 5.41 Å². The van der Waals surface area contributed by atoms with E-state index in [0.29, 0.717) is 12.8 Å². The molecule has 0 N–H and O–H groups in total. The number of rotatable bonds is 6. The van der Waals surface area contributed by atoms with Crippen molar-refractivity contribution in [1.29, 1.82) is 0 Å². The average molecular weight is 370 g/mol. The van der Waals surface area contributed by atoms with Crippen molar-refractivity contribution in [2.45, 2.75) is 26.1 Å². The molecule has 0 radical (unpaired) electrons.